The topological polar surface area (TPSA) is 61.9 Å². The number of nitrogens with zero attached hydrogens (tertiary/aromatic N) is 2. The lowest BCUT2D eigenvalue weighted by Crippen LogP contribution is -2.41. The van der Waals surface area contributed by atoms with Gasteiger partial charge in [0.05, 0.1) is 6.54 Å². The number of aliphatic imine (C=N–C) groups is 1. The number of piperidine rings is 1. The predicted molar refractivity (Wildman–Crippen MR) is 77.9 cm³/mol. The number of rotatable bonds is 3. The van der Waals surface area contributed by atoms with Crippen LogP contribution in [0.1, 0.15) is 31.7 Å². The zero-order chi connectivity index (χ0) is 13.7. The largest absolute Gasteiger partial charge is 0.384 e. The summed E-state index contributed by atoms with van der Waals surface area (Å²) in [5.74, 6) is 0.552. The second-order valence-electron chi connectivity index (χ2n) is 5.36. The molecule has 1 aromatic rings. The summed E-state index contributed by atoms with van der Waals surface area (Å²) >= 11 is 0. The maximum atomic E-state index is 10.5. The average molecular weight is 261 g/mol. The van der Waals surface area contributed by atoms with E-state index >= 15 is 0 Å². The average Bonchev–Trinajstić information content (AvgIpc) is 2.47. The molecule has 1 fully saturated rings. The van der Waals surface area contributed by atoms with Gasteiger partial charge in [-0.3, -0.25) is 0 Å². The van der Waals surface area contributed by atoms with Crippen LogP contribution in [0.3, 0.4) is 0 Å². The molecular formula is C15H23N3O. The van der Waals surface area contributed by atoms with Crippen LogP contribution in [-0.2, 0) is 5.60 Å². The van der Waals surface area contributed by atoms with Crippen molar-refractivity contribution in [2.45, 2.75) is 31.8 Å². The molecule has 1 aromatic carbocycles. The van der Waals surface area contributed by atoms with Gasteiger partial charge in [-0.05, 0) is 31.7 Å². The Morgan fingerprint density at radius 3 is 2.53 bits per heavy atom. The molecular weight excluding hydrogens is 238 g/mol. The van der Waals surface area contributed by atoms with E-state index in [2.05, 4.69) is 9.89 Å². The van der Waals surface area contributed by atoms with E-state index in [1.807, 2.05) is 30.3 Å². The lowest BCUT2D eigenvalue weighted by molar-refractivity contribution is 0.0670. The van der Waals surface area contributed by atoms with Crippen molar-refractivity contribution < 1.29 is 5.11 Å². The minimum Gasteiger partial charge on any atom is -0.384 e. The van der Waals surface area contributed by atoms with E-state index in [0.717, 1.165) is 18.7 Å². The van der Waals surface area contributed by atoms with E-state index in [0.29, 0.717) is 12.5 Å². The van der Waals surface area contributed by atoms with Gasteiger partial charge in [-0.15, -0.1) is 0 Å². The molecule has 0 bridgehead atoms. The highest BCUT2D eigenvalue weighted by Gasteiger charge is 2.23. The van der Waals surface area contributed by atoms with E-state index in [9.17, 15) is 5.11 Å². The smallest absolute Gasteiger partial charge is 0.191 e. The molecule has 3 N–H and O–H groups in total. The molecule has 4 nitrogen and oxygen atoms in total. The van der Waals surface area contributed by atoms with E-state index in [1.54, 1.807) is 6.92 Å². The molecule has 1 heterocycles. The molecule has 0 aliphatic carbocycles. The molecule has 2 rings (SSSR count). The van der Waals surface area contributed by atoms with E-state index in [-0.39, 0.29) is 0 Å². The number of guanidine groups is 1. The summed E-state index contributed by atoms with van der Waals surface area (Å²) in [6.45, 7) is 4.01. The van der Waals surface area contributed by atoms with Crippen LogP contribution in [0.2, 0.25) is 0 Å². The summed E-state index contributed by atoms with van der Waals surface area (Å²) in [4.78, 5) is 6.47. The summed E-state index contributed by atoms with van der Waals surface area (Å²) in [6.07, 6.45) is 3.61. The molecule has 0 aromatic heterocycles. The van der Waals surface area contributed by atoms with Gasteiger partial charge >= 0.3 is 0 Å². The van der Waals surface area contributed by atoms with Gasteiger partial charge in [0.15, 0.2) is 5.96 Å². The van der Waals surface area contributed by atoms with Gasteiger partial charge in [0.25, 0.3) is 0 Å². The highest BCUT2D eigenvalue weighted by Crippen LogP contribution is 2.20. The third-order valence-corrected chi connectivity index (χ3v) is 3.62. The fourth-order valence-corrected chi connectivity index (χ4v) is 2.35. The maximum Gasteiger partial charge on any atom is 0.191 e. The van der Waals surface area contributed by atoms with Crippen LogP contribution in [0.15, 0.2) is 35.3 Å². The zero-order valence-corrected chi connectivity index (χ0v) is 11.5. The lowest BCUT2D eigenvalue weighted by Gasteiger charge is -2.28. The van der Waals surface area contributed by atoms with E-state index in [4.69, 9.17) is 5.73 Å². The Bertz CT molecular complexity index is 422. The molecule has 19 heavy (non-hydrogen) atoms. The Morgan fingerprint density at radius 2 is 1.89 bits per heavy atom. The molecule has 4 heteroatoms. The third-order valence-electron chi connectivity index (χ3n) is 3.62. The van der Waals surface area contributed by atoms with Crippen LogP contribution >= 0.6 is 0 Å². The minimum atomic E-state index is -0.971. The van der Waals surface area contributed by atoms with Crippen molar-refractivity contribution in [3.8, 4) is 0 Å². The van der Waals surface area contributed by atoms with Crippen molar-refractivity contribution in [2.24, 2.45) is 10.7 Å². The van der Waals surface area contributed by atoms with Crippen molar-refractivity contribution >= 4 is 5.96 Å². The highest BCUT2D eigenvalue weighted by atomic mass is 16.3. The number of likely N-dealkylation sites (tertiary alicyclic amines) is 1. The molecule has 0 radical (unpaired) electrons. The second kappa shape index (κ2) is 6.06. The first kappa shape index (κ1) is 13.9. The van der Waals surface area contributed by atoms with Crippen molar-refractivity contribution in [1.82, 2.24) is 4.90 Å². The third kappa shape index (κ3) is 3.70. The monoisotopic (exact) mass is 261 g/mol. The number of aliphatic hydroxyl groups is 1. The summed E-state index contributed by atoms with van der Waals surface area (Å²) in [5, 5.41) is 10.5. The summed E-state index contributed by atoms with van der Waals surface area (Å²) in [7, 11) is 0. The van der Waals surface area contributed by atoms with Gasteiger partial charge in [0.2, 0.25) is 0 Å². The minimum absolute atomic E-state index is 0.291. The molecule has 1 saturated heterocycles. The molecule has 0 amide bonds. The lowest BCUT2D eigenvalue weighted by atomic mass is 9.96. The van der Waals surface area contributed by atoms with Crippen LogP contribution in [-0.4, -0.2) is 35.6 Å². The Morgan fingerprint density at radius 1 is 1.26 bits per heavy atom. The second-order valence-corrected chi connectivity index (χ2v) is 5.36. The predicted octanol–water partition coefficient (Wildman–Crippen LogP) is 1.69. The van der Waals surface area contributed by atoms with Crippen molar-refractivity contribution in [3.63, 3.8) is 0 Å². The van der Waals surface area contributed by atoms with Gasteiger partial charge in [-0.2, -0.15) is 0 Å². The quantitative estimate of drug-likeness (QED) is 0.643. The number of hydrogen-bond donors (Lipinski definition) is 2. The maximum absolute atomic E-state index is 10.5. The van der Waals surface area contributed by atoms with Crippen LogP contribution in [0.25, 0.3) is 0 Å². The normalized spacial score (nSPS) is 20.1. The van der Waals surface area contributed by atoms with Crippen molar-refractivity contribution in [3.05, 3.63) is 35.9 Å². The standard InChI is InChI=1S/C15H23N3O/c1-15(19,13-8-4-2-5-9-13)12-17-14(16)18-10-6-3-7-11-18/h2,4-5,8-9,19H,3,6-7,10-12H2,1H3,(H2,16,17). The van der Waals surface area contributed by atoms with Crippen molar-refractivity contribution in [2.75, 3.05) is 19.6 Å². The first-order chi connectivity index (χ1) is 9.09. The first-order valence-electron chi connectivity index (χ1n) is 6.92. The Labute approximate surface area is 114 Å². The zero-order valence-electron chi connectivity index (χ0n) is 11.5. The summed E-state index contributed by atoms with van der Waals surface area (Å²) in [5.41, 5.74) is 5.89. The molecule has 0 spiro atoms. The van der Waals surface area contributed by atoms with Gasteiger partial charge in [-0.1, -0.05) is 30.3 Å². The van der Waals surface area contributed by atoms with Gasteiger partial charge < -0.3 is 15.7 Å². The molecule has 104 valence electrons. The SMILES string of the molecule is CC(O)(CN=C(N)N1CCCCC1)c1ccccc1. The van der Waals surface area contributed by atoms with E-state index < -0.39 is 5.60 Å². The van der Waals surface area contributed by atoms with Gasteiger partial charge in [-0.25, -0.2) is 4.99 Å². The van der Waals surface area contributed by atoms with Gasteiger partial charge in [0.1, 0.15) is 5.60 Å². The first-order valence-corrected chi connectivity index (χ1v) is 6.92. The Hall–Kier alpha value is -1.55. The van der Waals surface area contributed by atoms with Crippen LogP contribution in [0, 0.1) is 0 Å². The fraction of sp³-hybridized carbons (Fsp3) is 0.533. The van der Waals surface area contributed by atoms with Crippen molar-refractivity contribution in [1.29, 1.82) is 0 Å². The van der Waals surface area contributed by atoms with Crippen LogP contribution in [0.5, 0.6) is 0 Å². The number of benzene rings is 1. The van der Waals surface area contributed by atoms with E-state index in [1.165, 1.54) is 19.3 Å². The van der Waals surface area contributed by atoms with Crippen LogP contribution in [0.4, 0.5) is 0 Å². The molecule has 1 aliphatic heterocycles. The highest BCUT2D eigenvalue weighted by molar-refractivity contribution is 5.78. The summed E-state index contributed by atoms with van der Waals surface area (Å²) < 4.78 is 0. The number of hydrogen-bond acceptors (Lipinski definition) is 2. The Kier molecular flexibility index (Phi) is 4.43. The Balaban J connectivity index is 2.00. The molecule has 0 saturated carbocycles. The molecule has 1 atom stereocenters. The molecule has 1 unspecified atom stereocenters. The van der Waals surface area contributed by atoms with Crippen LogP contribution < -0.4 is 5.73 Å². The summed E-state index contributed by atoms with van der Waals surface area (Å²) in [6, 6.07) is 9.59. The van der Waals surface area contributed by atoms with Gasteiger partial charge in [0, 0.05) is 13.1 Å². The fourth-order valence-electron chi connectivity index (χ4n) is 2.35. The molecule has 1 aliphatic rings. The number of nitrogens with two attached hydrogens (primary N) is 1.